The Balaban J connectivity index is 1.73. The normalized spacial score (nSPS) is 34.3. The Morgan fingerprint density at radius 1 is 0.833 bits per heavy atom. The highest BCUT2D eigenvalue weighted by atomic mass is 16.5. The molecule has 3 aliphatic rings. The van der Waals surface area contributed by atoms with E-state index in [-0.39, 0.29) is 5.60 Å². The fourth-order valence-electron chi connectivity index (χ4n) is 4.59. The SMILES string of the molecule is C1CCCC(C2NCCOC23CCCCC3)CC1. The summed E-state index contributed by atoms with van der Waals surface area (Å²) in [6.45, 7) is 2.01. The molecule has 1 spiro atoms. The lowest BCUT2D eigenvalue weighted by molar-refractivity contribution is -0.131. The zero-order valence-electron chi connectivity index (χ0n) is 11.8. The summed E-state index contributed by atoms with van der Waals surface area (Å²) < 4.78 is 6.35. The first-order valence-electron chi connectivity index (χ1n) is 8.28. The van der Waals surface area contributed by atoms with E-state index < -0.39 is 0 Å². The summed E-state index contributed by atoms with van der Waals surface area (Å²) in [6, 6.07) is 0.657. The second-order valence-electron chi connectivity index (χ2n) is 6.66. The van der Waals surface area contributed by atoms with Crippen LogP contribution in [-0.2, 0) is 4.74 Å². The van der Waals surface area contributed by atoms with Crippen LogP contribution in [0.5, 0.6) is 0 Å². The van der Waals surface area contributed by atoms with Gasteiger partial charge in [-0.3, -0.25) is 0 Å². The Labute approximate surface area is 112 Å². The summed E-state index contributed by atoms with van der Waals surface area (Å²) in [5, 5.41) is 3.85. The maximum atomic E-state index is 6.35. The van der Waals surface area contributed by atoms with Crippen molar-refractivity contribution in [2.45, 2.75) is 82.3 Å². The predicted octanol–water partition coefficient (Wildman–Crippen LogP) is 3.65. The monoisotopic (exact) mass is 251 g/mol. The van der Waals surface area contributed by atoms with Gasteiger partial charge in [0.1, 0.15) is 0 Å². The van der Waals surface area contributed by atoms with Gasteiger partial charge in [-0.2, -0.15) is 0 Å². The van der Waals surface area contributed by atoms with E-state index in [1.54, 1.807) is 0 Å². The van der Waals surface area contributed by atoms with E-state index >= 15 is 0 Å². The molecule has 1 heterocycles. The quantitative estimate of drug-likeness (QED) is 0.718. The summed E-state index contributed by atoms with van der Waals surface area (Å²) in [4.78, 5) is 0. The highest BCUT2D eigenvalue weighted by Gasteiger charge is 2.45. The molecule has 0 aromatic carbocycles. The van der Waals surface area contributed by atoms with Crippen LogP contribution >= 0.6 is 0 Å². The molecule has 104 valence electrons. The number of nitrogens with one attached hydrogen (secondary N) is 1. The predicted molar refractivity (Wildman–Crippen MR) is 74.8 cm³/mol. The van der Waals surface area contributed by atoms with Crippen molar-refractivity contribution in [3.8, 4) is 0 Å². The molecule has 3 rings (SSSR count). The Hall–Kier alpha value is -0.0800. The minimum absolute atomic E-state index is 0.214. The third-order valence-corrected chi connectivity index (χ3v) is 5.49. The Bertz CT molecular complexity index is 244. The molecule has 1 saturated heterocycles. The van der Waals surface area contributed by atoms with E-state index in [0.717, 1.165) is 19.1 Å². The van der Waals surface area contributed by atoms with Crippen LogP contribution in [0.25, 0.3) is 0 Å². The van der Waals surface area contributed by atoms with Crippen LogP contribution in [0.4, 0.5) is 0 Å². The molecule has 0 aromatic heterocycles. The van der Waals surface area contributed by atoms with Gasteiger partial charge in [-0.1, -0.05) is 44.9 Å². The fraction of sp³-hybridized carbons (Fsp3) is 1.00. The van der Waals surface area contributed by atoms with Crippen LogP contribution in [0.1, 0.15) is 70.6 Å². The van der Waals surface area contributed by atoms with Gasteiger partial charge in [0, 0.05) is 12.6 Å². The van der Waals surface area contributed by atoms with Crippen molar-refractivity contribution in [1.29, 1.82) is 0 Å². The highest BCUT2D eigenvalue weighted by molar-refractivity contribution is 5.01. The van der Waals surface area contributed by atoms with Gasteiger partial charge in [0.15, 0.2) is 0 Å². The third kappa shape index (κ3) is 2.60. The summed E-state index contributed by atoms with van der Waals surface area (Å²) in [5.74, 6) is 0.880. The van der Waals surface area contributed by atoms with Crippen LogP contribution in [0.3, 0.4) is 0 Å². The summed E-state index contributed by atoms with van der Waals surface area (Å²) in [5.41, 5.74) is 0.214. The first kappa shape index (κ1) is 12.9. The van der Waals surface area contributed by atoms with Gasteiger partial charge in [-0.05, 0) is 31.6 Å². The number of ether oxygens (including phenoxy) is 1. The summed E-state index contributed by atoms with van der Waals surface area (Å²) >= 11 is 0. The first-order valence-corrected chi connectivity index (χ1v) is 8.28. The molecule has 1 N–H and O–H groups in total. The molecule has 1 unspecified atom stereocenters. The van der Waals surface area contributed by atoms with Gasteiger partial charge in [-0.15, -0.1) is 0 Å². The van der Waals surface area contributed by atoms with Crippen molar-refractivity contribution in [2.24, 2.45) is 5.92 Å². The molecule has 18 heavy (non-hydrogen) atoms. The maximum Gasteiger partial charge on any atom is 0.0838 e. The first-order chi connectivity index (χ1) is 8.91. The summed E-state index contributed by atoms with van der Waals surface area (Å²) in [6.07, 6.45) is 15.5. The Morgan fingerprint density at radius 2 is 1.50 bits per heavy atom. The van der Waals surface area contributed by atoms with Crippen LogP contribution in [0.2, 0.25) is 0 Å². The minimum Gasteiger partial charge on any atom is -0.372 e. The van der Waals surface area contributed by atoms with Crippen LogP contribution in [-0.4, -0.2) is 24.8 Å². The van der Waals surface area contributed by atoms with Crippen molar-refractivity contribution in [1.82, 2.24) is 5.32 Å². The van der Waals surface area contributed by atoms with E-state index in [1.165, 1.54) is 70.6 Å². The molecule has 0 bridgehead atoms. The molecule has 0 amide bonds. The average molecular weight is 251 g/mol. The number of rotatable bonds is 1. The summed E-state index contributed by atoms with van der Waals surface area (Å²) in [7, 11) is 0. The van der Waals surface area contributed by atoms with E-state index in [2.05, 4.69) is 5.32 Å². The molecule has 1 atom stereocenters. The minimum atomic E-state index is 0.214. The lowest BCUT2D eigenvalue weighted by Crippen LogP contribution is -2.61. The van der Waals surface area contributed by atoms with Gasteiger partial charge in [0.05, 0.1) is 12.2 Å². The van der Waals surface area contributed by atoms with E-state index in [0.29, 0.717) is 6.04 Å². The molecular weight excluding hydrogens is 222 g/mol. The van der Waals surface area contributed by atoms with Crippen molar-refractivity contribution >= 4 is 0 Å². The zero-order chi connectivity index (χ0) is 12.3. The average Bonchev–Trinajstić information content (AvgIpc) is 2.69. The van der Waals surface area contributed by atoms with E-state index in [4.69, 9.17) is 4.74 Å². The molecule has 2 saturated carbocycles. The zero-order valence-corrected chi connectivity index (χ0v) is 11.8. The lowest BCUT2D eigenvalue weighted by atomic mass is 9.72. The lowest BCUT2D eigenvalue weighted by Gasteiger charge is -2.50. The Kier molecular flexibility index (Phi) is 4.25. The molecule has 1 aliphatic heterocycles. The molecule has 2 heteroatoms. The molecule has 2 aliphatic carbocycles. The standard InChI is InChI=1S/C16H29NO/c1-2-5-9-14(8-4-1)15-16(18-13-12-17-15)10-6-3-7-11-16/h14-15,17H,1-13H2. The molecule has 0 radical (unpaired) electrons. The van der Waals surface area contributed by atoms with Crippen LogP contribution in [0, 0.1) is 5.92 Å². The largest absolute Gasteiger partial charge is 0.372 e. The van der Waals surface area contributed by atoms with Crippen molar-refractivity contribution in [3.05, 3.63) is 0 Å². The van der Waals surface area contributed by atoms with Gasteiger partial charge in [0.25, 0.3) is 0 Å². The molecule has 3 fully saturated rings. The number of hydrogen-bond acceptors (Lipinski definition) is 2. The third-order valence-electron chi connectivity index (χ3n) is 5.49. The second kappa shape index (κ2) is 5.92. The topological polar surface area (TPSA) is 21.3 Å². The van der Waals surface area contributed by atoms with Gasteiger partial charge < -0.3 is 10.1 Å². The molecule has 0 aromatic rings. The van der Waals surface area contributed by atoms with Crippen LogP contribution < -0.4 is 5.32 Å². The van der Waals surface area contributed by atoms with Gasteiger partial charge in [0.2, 0.25) is 0 Å². The molecule has 2 nitrogen and oxygen atoms in total. The molecular formula is C16H29NO. The van der Waals surface area contributed by atoms with Gasteiger partial charge >= 0.3 is 0 Å². The van der Waals surface area contributed by atoms with Gasteiger partial charge in [-0.25, -0.2) is 0 Å². The van der Waals surface area contributed by atoms with Crippen molar-refractivity contribution in [2.75, 3.05) is 13.2 Å². The van der Waals surface area contributed by atoms with Crippen molar-refractivity contribution in [3.63, 3.8) is 0 Å². The Morgan fingerprint density at radius 3 is 2.22 bits per heavy atom. The number of hydrogen-bond donors (Lipinski definition) is 1. The second-order valence-corrected chi connectivity index (χ2v) is 6.66. The smallest absolute Gasteiger partial charge is 0.0838 e. The maximum absolute atomic E-state index is 6.35. The van der Waals surface area contributed by atoms with Crippen LogP contribution in [0.15, 0.2) is 0 Å². The van der Waals surface area contributed by atoms with Crippen molar-refractivity contribution < 1.29 is 4.74 Å². The van der Waals surface area contributed by atoms with E-state index in [9.17, 15) is 0 Å². The number of morpholine rings is 1. The fourth-order valence-corrected chi connectivity index (χ4v) is 4.59. The van der Waals surface area contributed by atoms with E-state index in [1.807, 2.05) is 0 Å². The highest BCUT2D eigenvalue weighted by Crippen LogP contribution is 2.41.